The molecule has 0 saturated carbocycles. The van der Waals surface area contributed by atoms with Crippen LogP contribution in [0, 0.1) is 0 Å². The topological polar surface area (TPSA) is 119 Å². The third-order valence-electron chi connectivity index (χ3n) is 4.93. The van der Waals surface area contributed by atoms with Crippen LogP contribution in [-0.2, 0) is 6.54 Å². The SMILES string of the molecule is CC(c1ccc2ncccc2c1)N(N)c1nc(-c2cnn(CCO)c2)ccc1N. The van der Waals surface area contributed by atoms with Gasteiger partial charge in [-0.1, -0.05) is 12.1 Å². The van der Waals surface area contributed by atoms with E-state index in [0.29, 0.717) is 23.7 Å². The van der Waals surface area contributed by atoms with E-state index in [1.54, 1.807) is 28.2 Å². The first-order chi connectivity index (χ1) is 14.1. The number of anilines is 2. The lowest BCUT2D eigenvalue weighted by molar-refractivity contribution is 0.269. The molecule has 0 aliphatic heterocycles. The Balaban J connectivity index is 1.65. The monoisotopic (exact) mass is 389 g/mol. The van der Waals surface area contributed by atoms with Gasteiger partial charge in [-0.3, -0.25) is 14.7 Å². The second-order valence-electron chi connectivity index (χ2n) is 6.86. The largest absolute Gasteiger partial charge is 0.396 e. The number of benzene rings is 1. The second kappa shape index (κ2) is 7.86. The normalized spacial score (nSPS) is 12.2. The van der Waals surface area contributed by atoms with E-state index in [2.05, 4.69) is 21.1 Å². The number of aliphatic hydroxyl groups is 1. The van der Waals surface area contributed by atoms with Crippen molar-refractivity contribution in [2.75, 3.05) is 17.3 Å². The van der Waals surface area contributed by atoms with Gasteiger partial charge < -0.3 is 10.8 Å². The van der Waals surface area contributed by atoms with Crippen LogP contribution < -0.4 is 16.6 Å². The van der Waals surface area contributed by atoms with Crippen LogP contribution in [0.2, 0.25) is 0 Å². The standard InChI is InChI=1S/C21H23N7O/c1-14(15-4-6-19-16(11-15)3-2-8-24-19)28(23)21-18(22)5-7-20(26-21)17-12-25-27(13-17)9-10-29/h2-8,11-14,29H,9-10,22-23H2,1H3. The van der Waals surface area contributed by atoms with Crippen molar-refractivity contribution >= 4 is 22.4 Å². The minimum atomic E-state index is -0.151. The van der Waals surface area contributed by atoms with E-state index in [0.717, 1.165) is 22.0 Å². The highest BCUT2D eigenvalue weighted by molar-refractivity contribution is 5.79. The fourth-order valence-electron chi connectivity index (χ4n) is 3.25. The summed E-state index contributed by atoms with van der Waals surface area (Å²) in [7, 11) is 0. The number of aromatic nitrogens is 4. The maximum atomic E-state index is 9.07. The molecule has 1 unspecified atom stereocenters. The van der Waals surface area contributed by atoms with E-state index in [9.17, 15) is 0 Å². The Labute approximate surface area is 168 Å². The van der Waals surface area contributed by atoms with Gasteiger partial charge in [-0.05, 0) is 42.8 Å². The van der Waals surface area contributed by atoms with Gasteiger partial charge in [0.05, 0.1) is 42.3 Å². The molecule has 0 bridgehead atoms. The van der Waals surface area contributed by atoms with Crippen molar-refractivity contribution in [1.29, 1.82) is 0 Å². The number of nitrogen functional groups attached to an aromatic ring is 1. The van der Waals surface area contributed by atoms with Crippen molar-refractivity contribution in [2.24, 2.45) is 5.84 Å². The quantitative estimate of drug-likeness (QED) is 0.342. The summed E-state index contributed by atoms with van der Waals surface area (Å²) in [6, 6.07) is 13.5. The van der Waals surface area contributed by atoms with Gasteiger partial charge in [0.2, 0.25) is 0 Å². The average Bonchev–Trinajstić information content (AvgIpc) is 3.21. The average molecular weight is 389 g/mol. The number of nitrogens with zero attached hydrogens (tertiary/aromatic N) is 5. The fraction of sp³-hybridized carbons (Fsp3) is 0.190. The maximum Gasteiger partial charge on any atom is 0.167 e. The Bertz CT molecular complexity index is 1140. The highest BCUT2D eigenvalue weighted by Crippen LogP contribution is 2.30. The molecule has 29 heavy (non-hydrogen) atoms. The van der Waals surface area contributed by atoms with E-state index in [-0.39, 0.29) is 12.6 Å². The molecule has 8 heteroatoms. The summed E-state index contributed by atoms with van der Waals surface area (Å²) < 4.78 is 1.67. The number of pyridine rings is 2. The molecule has 4 rings (SSSR count). The summed E-state index contributed by atoms with van der Waals surface area (Å²) in [6.45, 7) is 2.46. The molecule has 0 radical (unpaired) electrons. The number of hydrogen-bond acceptors (Lipinski definition) is 7. The van der Waals surface area contributed by atoms with Crippen molar-refractivity contribution in [3.8, 4) is 11.3 Å². The third-order valence-corrected chi connectivity index (χ3v) is 4.93. The first kappa shape index (κ1) is 18.9. The number of hydrazine groups is 1. The van der Waals surface area contributed by atoms with Gasteiger partial charge in [0, 0.05) is 23.3 Å². The molecule has 8 nitrogen and oxygen atoms in total. The first-order valence-electron chi connectivity index (χ1n) is 9.35. The van der Waals surface area contributed by atoms with E-state index in [1.807, 2.05) is 43.5 Å². The molecule has 0 aliphatic rings. The molecule has 0 fully saturated rings. The van der Waals surface area contributed by atoms with Crippen LogP contribution in [0.3, 0.4) is 0 Å². The zero-order valence-corrected chi connectivity index (χ0v) is 16.1. The Hall–Kier alpha value is -3.49. The third kappa shape index (κ3) is 3.75. The van der Waals surface area contributed by atoms with Crippen LogP contribution in [0.25, 0.3) is 22.2 Å². The van der Waals surface area contributed by atoms with Gasteiger partial charge in [-0.15, -0.1) is 0 Å². The molecular weight excluding hydrogens is 366 g/mol. The summed E-state index contributed by atoms with van der Waals surface area (Å²) in [6.07, 6.45) is 5.32. The number of hydrogen-bond donors (Lipinski definition) is 3. The molecule has 148 valence electrons. The van der Waals surface area contributed by atoms with Gasteiger partial charge in [-0.2, -0.15) is 5.10 Å². The molecule has 0 saturated heterocycles. The molecule has 0 aliphatic carbocycles. The number of rotatable bonds is 6. The van der Waals surface area contributed by atoms with Gasteiger partial charge >= 0.3 is 0 Å². The van der Waals surface area contributed by atoms with E-state index >= 15 is 0 Å². The van der Waals surface area contributed by atoms with Gasteiger partial charge in [0.15, 0.2) is 5.82 Å². The van der Waals surface area contributed by atoms with Gasteiger partial charge in [-0.25, -0.2) is 10.8 Å². The van der Waals surface area contributed by atoms with Crippen LogP contribution in [0.5, 0.6) is 0 Å². The Morgan fingerprint density at radius 3 is 2.90 bits per heavy atom. The van der Waals surface area contributed by atoms with Crippen LogP contribution >= 0.6 is 0 Å². The maximum absolute atomic E-state index is 9.07. The smallest absolute Gasteiger partial charge is 0.167 e. The zero-order valence-electron chi connectivity index (χ0n) is 16.1. The number of nitrogens with two attached hydrogens (primary N) is 2. The van der Waals surface area contributed by atoms with Crippen molar-refractivity contribution in [2.45, 2.75) is 19.5 Å². The van der Waals surface area contributed by atoms with Crippen LogP contribution in [-0.4, -0.2) is 31.5 Å². The molecule has 3 heterocycles. The summed E-state index contributed by atoms with van der Waals surface area (Å²) in [4.78, 5) is 9.03. The lowest BCUT2D eigenvalue weighted by Crippen LogP contribution is -2.35. The number of fused-ring (bicyclic) bond motifs is 1. The number of aliphatic hydroxyl groups excluding tert-OH is 1. The van der Waals surface area contributed by atoms with Crippen LogP contribution in [0.1, 0.15) is 18.5 Å². The van der Waals surface area contributed by atoms with Crippen molar-refractivity contribution in [1.82, 2.24) is 19.7 Å². The molecule has 3 aromatic heterocycles. The first-order valence-corrected chi connectivity index (χ1v) is 9.35. The minimum Gasteiger partial charge on any atom is -0.396 e. The molecule has 1 atom stereocenters. The van der Waals surface area contributed by atoms with Gasteiger partial charge in [0.1, 0.15) is 0 Å². The van der Waals surface area contributed by atoms with Gasteiger partial charge in [0.25, 0.3) is 0 Å². The molecule has 1 aromatic carbocycles. The van der Waals surface area contributed by atoms with Crippen LogP contribution in [0.4, 0.5) is 11.5 Å². The summed E-state index contributed by atoms with van der Waals surface area (Å²) >= 11 is 0. The van der Waals surface area contributed by atoms with E-state index in [4.69, 9.17) is 16.7 Å². The van der Waals surface area contributed by atoms with Crippen molar-refractivity contribution < 1.29 is 5.11 Å². The van der Waals surface area contributed by atoms with Crippen molar-refractivity contribution in [3.63, 3.8) is 0 Å². The highest BCUT2D eigenvalue weighted by atomic mass is 16.3. The predicted octanol–water partition coefficient (Wildman–Crippen LogP) is 2.51. The molecule has 0 spiro atoms. The summed E-state index contributed by atoms with van der Waals surface area (Å²) in [5, 5.41) is 15.9. The Morgan fingerprint density at radius 1 is 1.21 bits per heavy atom. The van der Waals surface area contributed by atoms with Crippen molar-refractivity contribution in [3.05, 3.63) is 66.6 Å². The second-order valence-corrected chi connectivity index (χ2v) is 6.86. The summed E-state index contributed by atoms with van der Waals surface area (Å²) in [5.41, 5.74) is 10.2. The lowest BCUT2D eigenvalue weighted by Gasteiger charge is -2.27. The van der Waals surface area contributed by atoms with Crippen LogP contribution in [0.15, 0.2) is 61.1 Å². The molecule has 5 N–H and O–H groups in total. The predicted molar refractivity (Wildman–Crippen MR) is 114 cm³/mol. The molecular formula is C21H23N7O. The minimum absolute atomic E-state index is 0.0247. The Kier molecular flexibility index (Phi) is 5.11. The molecule has 4 aromatic rings. The highest BCUT2D eigenvalue weighted by Gasteiger charge is 2.18. The lowest BCUT2D eigenvalue weighted by atomic mass is 10.0. The van der Waals surface area contributed by atoms with E-state index in [1.165, 1.54) is 0 Å². The summed E-state index contributed by atoms with van der Waals surface area (Å²) in [5.74, 6) is 6.93. The van der Waals surface area contributed by atoms with E-state index < -0.39 is 0 Å². The fourth-order valence-corrected chi connectivity index (χ4v) is 3.25. The molecule has 0 amide bonds. The Morgan fingerprint density at radius 2 is 2.07 bits per heavy atom. The zero-order chi connectivity index (χ0) is 20.4.